The smallest absolute Gasteiger partial charge is 0.400 e. The molecule has 136 valence electrons. The molecule has 0 spiro atoms. The molecule has 1 fully saturated rings. The second kappa shape index (κ2) is 7.27. The van der Waals surface area contributed by atoms with Gasteiger partial charge in [-0.25, -0.2) is 4.39 Å². The highest BCUT2D eigenvalue weighted by Crippen LogP contribution is 2.39. The molecule has 0 aromatic heterocycles. The van der Waals surface area contributed by atoms with Gasteiger partial charge in [0.1, 0.15) is 5.82 Å². The number of hydrogen-bond donors (Lipinski definition) is 1. The van der Waals surface area contributed by atoms with E-state index in [9.17, 15) is 9.18 Å². The van der Waals surface area contributed by atoms with Crippen LogP contribution in [0.3, 0.4) is 0 Å². The monoisotopic (exact) mass is 387 g/mol. The Labute approximate surface area is 157 Å². The average molecular weight is 388 g/mol. The van der Waals surface area contributed by atoms with E-state index in [0.29, 0.717) is 11.0 Å². The third-order valence-corrected chi connectivity index (χ3v) is 5.08. The lowest BCUT2D eigenvalue weighted by molar-refractivity contribution is -0.118. The van der Waals surface area contributed by atoms with Gasteiger partial charge in [-0.05, 0) is 50.9 Å². The predicted molar refractivity (Wildman–Crippen MR) is 99.2 cm³/mol. The number of carbonyl (C=O) groups excluding carboxylic acids is 1. The van der Waals surface area contributed by atoms with Crippen LogP contribution >= 0.6 is 23.2 Å². The predicted octanol–water partition coefficient (Wildman–Crippen LogP) is 4.28. The van der Waals surface area contributed by atoms with Crippen molar-refractivity contribution in [1.29, 1.82) is 0 Å². The van der Waals surface area contributed by atoms with Crippen molar-refractivity contribution < 1.29 is 18.5 Å². The largest absolute Gasteiger partial charge is 0.492 e. The molecule has 25 heavy (non-hydrogen) atoms. The van der Waals surface area contributed by atoms with Gasteiger partial charge in [0, 0.05) is 18.5 Å². The van der Waals surface area contributed by atoms with Gasteiger partial charge in [-0.15, -0.1) is 0 Å². The van der Waals surface area contributed by atoms with Crippen LogP contribution in [0, 0.1) is 5.82 Å². The first-order chi connectivity index (χ1) is 11.4. The van der Waals surface area contributed by atoms with Crippen LogP contribution in [0.4, 0.5) is 4.39 Å². The lowest BCUT2D eigenvalue weighted by Gasteiger charge is -2.32. The molecule has 1 aliphatic rings. The van der Waals surface area contributed by atoms with E-state index in [4.69, 9.17) is 32.5 Å². The van der Waals surface area contributed by atoms with E-state index in [0.717, 1.165) is 6.07 Å². The fraction of sp³-hybridized carbons (Fsp3) is 0.471. The van der Waals surface area contributed by atoms with Gasteiger partial charge in [0.15, 0.2) is 0 Å². The zero-order valence-corrected chi connectivity index (χ0v) is 16.4. The van der Waals surface area contributed by atoms with Gasteiger partial charge in [0.2, 0.25) is 5.91 Å². The van der Waals surface area contributed by atoms with Gasteiger partial charge < -0.3 is 14.6 Å². The van der Waals surface area contributed by atoms with Crippen molar-refractivity contribution in [2.24, 2.45) is 0 Å². The van der Waals surface area contributed by atoms with Crippen LogP contribution in [0.25, 0.3) is 6.08 Å². The number of hydrogen-bond acceptors (Lipinski definition) is 3. The first kappa shape index (κ1) is 20.2. The molecule has 8 heteroatoms. The zero-order chi connectivity index (χ0) is 19.0. The summed E-state index contributed by atoms with van der Waals surface area (Å²) in [5, 5.41) is 2.88. The topological polar surface area (TPSA) is 47.6 Å². The normalized spacial score (nSPS) is 19.2. The second-order valence-electron chi connectivity index (χ2n) is 7.01. The molecule has 1 amide bonds. The lowest BCUT2D eigenvalue weighted by Crippen LogP contribution is -2.41. The summed E-state index contributed by atoms with van der Waals surface area (Å²) in [6.07, 6.45) is 1.63. The molecule has 1 aromatic carbocycles. The second-order valence-corrected chi connectivity index (χ2v) is 7.82. The van der Waals surface area contributed by atoms with Crippen molar-refractivity contribution in [3.05, 3.63) is 39.0 Å². The van der Waals surface area contributed by atoms with Gasteiger partial charge in [-0.1, -0.05) is 29.3 Å². The van der Waals surface area contributed by atoms with E-state index >= 15 is 0 Å². The molecule has 1 saturated heterocycles. The SMILES string of the molecule is CC(=O)NCC(=Cc1cc(Cl)cc(F)c1Cl)B1OC(C)(C)C(C)(C)O1. The Balaban J connectivity index is 2.42. The molecule has 0 atom stereocenters. The van der Waals surface area contributed by atoms with Crippen LogP contribution < -0.4 is 5.32 Å². The molecule has 1 aromatic rings. The third-order valence-electron chi connectivity index (χ3n) is 4.46. The van der Waals surface area contributed by atoms with Crippen molar-refractivity contribution in [3.63, 3.8) is 0 Å². The number of carbonyl (C=O) groups is 1. The number of rotatable bonds is 4. The molecule has 1 heterocycles. The molecule has 1 aliphatic heterocycles. The molecular weight excluding hydrogens is 367 g/mol. The van der Waals surface area contributed by atoms with E-state index in [1.165, 1.54) is 6.92 Å². The summed E-state index contributed by atoms with van der Waals surface area (Å²) >= 11 is 12.0. The van der Waals surface area contributed by atoms with Crippen molar-refractivity contribution in [2.45, 2.75) is 45.8 Å². The average Bonchev–Trinajstić information content (AvgIpc) is 2.68. The first-order valence-corrected chi connectivity index (χ1v) is 8.63. The Kier molecular flexibility index (Phi) is 5.89. The standard InChI is InChI=1S/C17H21BCl2FNO3/c1-10(23)22-9-12(18-24-16(2,3)17(4,5)25-18)6-11-7-13(19)8-14(21)15(11)20/h6-8H,9H2,1-5H3,(H,22,23). The zero-order valence-electron chi connectivity index (χ0n) is 14.9. The highest BCUT2D eigenvalue weighted by molar-refractivity contribution is 6.56. The summed E-state index contributed by atoms with van der Waals surface area (Å²) in [7, 11) is -0.699. The third kappa shape index (κ3) is 4.56. The highest BCUT2D eigenvalue weighted by Gasteiger charge is 2.52. The van der Waals surface area contributed by atoms with Crippen molar-refractivity contribution in [3.8, 4) is 0 Å². The van der Waals surface area contributed by atoms with Gasteiger partial charge in [-0.3, -0.25) is 4.79 Å². The number of halogens is 3. The van der Waals surface area contributed by atoms with Crippen LogP contribution in [0.2, 0.25) is 10.0 Å². The minimum atomic E-state index is -0.699. The molecule has 2 rings (SSSR count). The lowest BCUT2D eigenvalue weighted by atomic mass is 9.77. The van der Waals surface area contributed by atoms with Gasteiger partial charge >= 0.3 is 7.12 Å². The maximum absolute atomic E-state index is 13.9. The minimum Gasteiger partial charge on any atom is -0.400 e. The van der Waals surface area contributed by atoms with Crippen molar-refractivity contribution in [2.75, 3.05) is 6.54 Å². The molecular formula is C17H21BCl2FNO3. The van der Waals surface area contributed by atoms with Crippen LogP contribution in [-0.2, 0) is 14.1 Å². The van der Waals surface area contributed by atoms with Crippen molar-refractivity contribution >= 4 is 42.3 Å². The molecule has 0 unspecified atom stereocenters. The Morgan fingerprint density at radius 3 is 2.32 bits per heavy atom. The maximum Gasteiger partial charge on any atom is 0.492 e. The van der Waals surface area contributed by atoms with E-state index < -0.39 is 24.1 Å². The summed E-state index contributed by atoms with van der Waals surface area (Å²) in [4.78, 5) is 11.3. The van der Waals surface area contributed by atoms with Crippen molar-refractivity contribution in [1.82, 2.24) is 5.32 Å². The molecule has 4 nitrogen and oxygen atoms in total. The van der Waals surface area contributed by atoms with Crippen LogP contribution in [-0.4, -0.2) is 30.8 Å². The first-order valence-electron chi connectivity index (χ1n) is 7.88. The Morgan fingerprint density at radius 1 is 1.24 bits per heavy atom. The summed E-state index contributed by atoms with van der Waals surface area (Å²) < 4.78 is 25.9. The number of benzene rings is 1. The van der Waals surface area contributed by atoms with E-state index in [-0.39, 0.29) is 22.5 Å². The van der Waals surface area contributed by atoms with Gasteiger partial charge in [-0.2, -0.15) is 0 Å². The van der Waals surface area contributed by atoms with Crippen LogP contribution in [0.5, 0.6) is 0 Å². The fourth-order valence-electron chi connectivity index (χ4n) is 2.30. The van der Waals surface area contributed by atoms with Gasteiger partial charge in [0.25, 0.3) is 0 Å². The maximum atomic E-state index is 13.9. The van der Waals surface area contributed by atoms with E-state index in [1.54, 1.807) is 12.1 Å². The van der Waals surface area contributed by atoms with E-state index in [2.05, 4.69) is 5.32 Å². The van der Waals surface area contributed by atoms with Gasteiger partial charge in [0.05, 0.1) is 16.2 Å². The molecule has 0 saturated carbocycles. The number of nitrogens with one attached hydrogen (secondary N) is 1. The molecule has 0 bridgehead atoms. The fourth-order valence-corrected chi connectivity index (χ4v) is 2.68. The van der Waals surface area contributed by atoms with Crippen LogP contribution in [0.1, 0.15) is 40.2 Å². The molecule has 0 radical (unpaired) electrons. The summed E-state index contributed by atoms with van der Waals surface area (Å²) in [5.74, 6) is -0.820. The van der Waals surface area contributed by atoms with Crippen LogP contribution in [0.15, 0.2) is 17.6 Å². The molecule has 0 aliphatic carbocycles. The summed E-state index contributed by atoms with van der Waals surface area (Å²) in [6.45, 7) is 9.29. The quantitative estimate of drug-likeness (QED) is 0.619. The number of amides is 1. The highest BCUT2D eigenvalue weighted by atomic mass is 35.5. The Bertz CT molecular complexity index is 706. The minimum absolute atomic E-state index is 0.0544. The van der Waals surface area contributed by atoms with E-state index in [1.807, 2.05) is 27.7 Å². The Hall–Kier alpha value is -1.08. The Morgan fingerprint density at radius 2 is 1.80 bits per heavy atom. The summed E-state index contributed by atoms with van der Waals surface area (Å²) in [5.41, 5.74) is -0.0913. The summed E-state index contributed by atoms with van der Waals surface area (Å²) in [6, 6.07) is 2.69. The molecule has 1 N–H and O–H groups in total.